The van der Waals surface area contributed by atoms with Gasteiger partial charge in [-0.25, -0.2) is 0 Å². The summed E-state index contributed by atoms with van der Waals surface area (Å²) in [6, 6.07) is 0. The average molecular weight is 192 g/mol. The molecule has 2 heteroatoms. The van der Waals surface area contributed by atoms with Gasteiger partial charge in [0, 0.05) is 0 Å². The second kappa shape index (κ2) is 3.99. The summed E-state index contributed by atoms with van der Waals surface area (Å²) in [5.41, 5.74) is 0. The number of allylic oxidation sites excluding steroid dienone is 2. The number of carbonyl (C=O) groups excluding carboxylic acids is 1. The maximum absolute atomic E-state index is 11.1. The highest BCUT2D eigenvalue weighted by atomic mass is 16.5. The van der Waals surface area contributed by atoms with Gasteiger partial charge in [-0.2, -0.15) is 0 Å². The Bertz CT molecular complexity index is 267. The molecule has 0 saturated heterocycles. The normalized spacial score (nSPS) is 33.3. The van der Waals surface area contributed by atoms with E-state index in [1.807, 2.05) is 0 Å². The summed E-state index contributed by atoms with van der Waals surface area (Å²) in [4.78, 5) is 11.1. The van der Waals surface area contributed by atoms with Crippen LogP contribution in [0.25, 0.3) is 0 Å². The maximum atomic E-state index is 11.1. The predicted octanol–water partition coefficient (Wildman–Crippen LogP) is 2.32. The summed E-state index contributed by atoms with van der Waals surface area (Å²) in [6.45, 7) is 4.10. The van der Waals surface area contributed by atoms with Gasteiger partial charge in [0.2, 0.25) is 0 Å². The molecule has 2 aliphatic rings. The smallest absolute Gasteiger partial charge is 0.309 e. The Morgan fingerprint density at radius 2 is 2.36 bits per heavy atom. The molecule has 14 heavy (non-hydrogen) atoms. The van der Waals surface area contributed by atoms with E-state index < -0.39 is 0 Å². The zero-order chi connectivity index (χ0) is 9.97. The van der Waals surface area contributed by atoms with Gasteiger partial charge in [-0.05, 0) is 30.6 Å². The van der Waals surface area contributed by atoms with E-state index in [1.165, 1.54) is 12.8 Å². The zero-order valence-electron chi connectivity index (χ0n) is 8.32. The second-order valence-corrected chi connectivity index (χ2v) is 4.22. The summed E-state index contributed by atoms with van der Waals surface area (Å²) in [7, 11) is 0. The average Bonchev–Trinajstić information content (AvgIpc) is 2.76. The topological polar surface area (TPSA) is 26.3 Å². The lowest BCUT2D eigenvalue weighted by Crippen LogP contribution is -2.17. The van der Waals surface area contributed by atoms with Crippen LogP contribution in [-0.2, 0) is 9.53 Å². The minimum Gasteiger partial charge on any atom is -0.465 e. The lowest BCUT2D eigenvalue weighted by atomic mass is 9.95. The van der Waals surface area contributed by atoms with Crippen molar-refractivity contribution in [2.24, 2.45) is 17.8 Å². The van der Waals surface area contributed by atoms with Crippen LogP contribution in [0.2, 0.25) is 0 Å². The van der Waals surface area contributed by atoms with Crippen LogP contribution in [0.4, 0.5) is 0 Å². The van der Waals surface area contributed by atoms with E-state index in [9.17, 15) is 4.79 Å². The molecule has 1 saturated carbocycles. The maximum Gasteiger partial charge on any atom is 0.309 e. The van der Waals surface area contributed by atoms with Crippen molar-refractivity contribution in [2.75, 3.05) is 6.61 Å². The number of ether oxygens (including phenoxy) is 1. The molecular weight excluding hydrogens is 176 g/mol. The minimum absolute atomic E-state index is 0.147. The number of hydrogen-bond acceptors (Lipinski definition) is 2. The number of carbonyl (C=O) groups is 1. The SMILES string of the molecule is C=CCC(=O)OC[C@@H]1C[C@@H]2C=C[C@H]1C2. The lowest BCUT2D eigenvalue weighted by Gasteiger charge is -2.17. The van der Waals surface area contributed by atoms with Crippen molar-refractivity contribution in [3.8, 4) is 0 Å². The summed E-state index contributed by atoms with van der Waals surface area (Å²) in [5.74, 6) is 1.84. The molecule has 2 rings (SSSR count). The van der Waals surface area contributed by atoms with Crippen LogP contribution in [-0.4, -0.2) is 12.6 Å². The first-order valence-electron chi connectivity index (χ1n) is 5.24. The van der Waals surface area contributed by atoms with Crippen LogP contribution < -0.4 is 0 Å². The molecule has 76 valence electrons. The van der Waals surface area contributed by atoms with Crippen molar-refractivity contribution in [2.45, 2.75) is 19.3 Å². The Balaban J connectivity index is 1.74. The largest absolute Gasteiger partial charge is 0.465 e. The Morgan fingerprint density at radius 3 is 2.93 bits per heavy atom. The highest BCUT2D eigenvalue weighted by Crippen LogP contribution is 2.43. The molecule has 0 radical (unpaired) electrons. The summed E-state index contributed by atoms with van der Waals surface area (Å²) in [5, 5.41) is 0. The molecule has 2 nitrogen and oxygen atoms in total. The molecule has 2 aliphatic carbocycles. The summed E-state index contributed by atoms with van der Waals surface area (Å²) in [6.07, 6.45) is 8.96. The first kappa shape index (κ1) is 9.50. The molecule has 0 aromatic heterocycles. The van der Waals surface area contributed by atoms with E-state index >= 15 is 0 Å². The molecule has 3 atom stereocenters. The van der Waals surface area contributed by atoms with E-state index in [4.69, 9.17) is 4.74 Å². The molecule has 0 N–H and O–H groups in total. The summed E-state index contributed by atoms with van der Waals surface area (Å²) >= 11 is 0. The molecule has 0 aromatic rings. The number of fused-ring (bicyclic) bond motifs is 2. The third-order valence-corrected chi connectivity index (χ3v) is 3.19. The number of rotatable bonds is 4. The van der Waals surface area contributed by atoms with Gasteiger partial charge in [0.15, 0.2) is 0 Å². The molecule has 0 amide bonds. The van der Waals surface area contributed by atoms with Crippen LogP contribution in [0, 0.1) is 17.8 Å². The standard InChI is InChI=1S/C12H16O2/c1-2-3-12(13)14-8-11-7-9-4-5-10(11)6-9/h2,4-5,9-11H,1,3,6-8H2/t9-,10+,11+/m1/s1. The first-order chi connectivity index (χ1) is 6.79. The predicted molar refractivity (Wildman–Crippen MR) is 54.6 cm³/mol. The van der Waals surface area contributed by atoms with E-state index in [0.717, 1.165) is 5.92 Å². The molecule has 0 aliphatic heterocycles. The van der Waals surface area contributed by atoms with Crippen LogP contribution in [0.1, 0.15) is 19.3 Å². The van der Waals surface area contributed by atoms with E-state index in [2.05, 4.69) is 18.7 Å². The Kier molecular flexibility index (Phi) is 2.71. The van der Waals surface area contributed by atoms with Gasteiger partial charge in [-0.3, -0.25) is 4.79 Å². The van der Waals surface area contributed by atoms with Gasteiger partial charge in [-0.15, -0.1) is 6.58 Å². The van der Waals surface area contributed by atoms with Crippen LogP contribution >= 0.6 is 0 Å². The van der Waals surface area contributed by atoms with Crippen molar-refractivity contribution in [3.63, 3.8) is 0 Å². The van der Waals surface area contributed by atoms with Crippen molar-refractivity contribution in [1.29, 1.82) is 0 Å². The second-order valence-electron chi connectivity index (χ2n) is 4.22. The quantitative estimate of drug-likeness (QED) is 0.504. The highest BCUT2D eigenvalue weighted by Gasteiger charge is 2.35. The summed E-state index contributed by atoms with van der Waals surface area (Å²) < 4.78 is 5.17. The van der Waals surface area contributed by atoms with Crippen LogP contribution in [0.15, 0.2) is 24.8 Å². The zero-order valence-corrected chi connectivity index (χ0v) is 8.32. The number of esters is 1. The minimum atomic E-state index is -0.147. The van der Waals surface area contributed by atoms with Crippen molar-refractivity contribution in [3.05, 3.63) is 24.8 Å². The molecule has 0 spiro atoms. The molecule has 0 heterocycles. The van der Waals surface area contributed by atoms with E-state index in [0.29, 0.717) is 24.9 Å². The van der Waals surface area contributed by atoms with Crippen molar-refractivity contribution < 1.29 is 9.53 Å². The Morgan fingerprint density at radius 1 is 1.50 bits per heavy atom. The van der Waals surface area contributed by atoms with E-state index in [1.54, 1.807) is 6.08 Å². The first-order valence-corrected chi connectivity index (χ1v) is 5.24. The van der Waals surface area contributed by atoms with Crippen molar-refractivity contribution in [1.82, 2.24) is 0 Å². The lowest BCUT2D eigenvalue weighted by molar-refractivity contribution is -0.144. The van der Waals surface area contributed by atoms with Gasteiger partial charge in [0.25, 0.3) is 0 Å². The molecule has 0 aromatic carbocycles. The van der Waals surface area contributed by atoms with Gasteiger partial charge in [0.05, 0.1) is 13.0 Å². The fraction of sp³-hybridized carbons (Fsp3) is 0.583. The Hall–Kier alpha value is -1.05. The molecule has 2 bridgehead atoms. The molecule has 1 fully saturated rings. The third-order valence-electron chi connectivity index (χ3n) is 3.19. The van der Waals surface area contributed by atoms with Gasteiger partial charge in [0.1, 0.15) is 0 Å². The highest BCUT2D eigenvalue weighted by molar-refractivity contribution is 5.70. The van der Waals surface area contributed by atoms with Gasteiger partial charge in [-0.1, -0.05) is 18.2 Å². The van der Waals surface area contributed by atoms with E-state index in [-0.39, 0.29) is 5.97 Å². The van der Waals surface area contributed by atoms with Gasteiger partial charge < -0.3 is 4.74 Å². The van der Waals surface area contributed by atoms with Crippen molar-refractivity contribution >= 4 is 5.97 Å². The van der Waals surface area contributed by atoms with Crippen LogP contribution in [0.3, 0.4) is 0 Å². The fourth-order valence-corrected chi connectivity index (χ4v) is 2.46. The molecule has 0 unspecified atom stereocenters. The number of hydrogen-bond donors (Lipinski definition) is 0. The van der Waals surface area contributed by atoms with Crippen LogP contribution in [0.5, 0.6) is 0 Å². The van der Waals surface area contributed by atoms with Gasteiger partial charge >= 0.3 is 5.97 Å². The monoisotopic (exact) mass is 192 g/mol. The Labute approximate surface area is 84.6 Å². The fourth-order valence-electron chi connectivity index (χ4n) is 2.46. The molecular formula is C12H16O2. The third kappa shape index (κ3) is 1.89.